The van der Waals surface area contributed by atoms with E-state index in [0.29, 0.717) is 11.3 Å². The van der Waals surface area contributed by atoms with Crippen molar-refractivity contribution in [3.05, 3.63) is 33.2 Å². The van der Waals surface area contributed by atoms with Crippen LogP contribution < -0.4 is 10.6 Å². The molecule has 3 heterocycles. The van der Waals surface area contributed by atoms with Gasteiger partial charge in [-0.25, -0.2) is 9.59 Å². The van der Waals surface area contributed by atoms with Crippen LogP contribution in [0.3, 0.4) is 0 Å². The average molecular weight is 582 g/mol. The lowest BCUT2D eigenvalue weighted by atomic mass is 10.0. The molecule has 13 heteroatoms. The van der Waals surface area contributed by atoms with Gasteiger partial charge in [0.1, 0.15) is 34.9 Å². The van der Waals surface area contributed by atoms with Gasteiger partial charge in [-0.15, -0.1) is 23.1 Å². The highest BCUT2D eigenvalue weighted by Gasteiger charge is 2.54. The largest absolute Gasteiger partial charge is 0.461 e. The zero-order valence-electron chi connectivity index (χ0n) is 23.2. The van der Waals surface area contributed by atoms with Crippen LogP contribution in [0.25, 0.3) is 0 Å². The summed E-state index contributed by atoms with van der Waals surface area (Å²) in [5.41, 5.74) is -0.0219. The van der Waals surface area contributed by atoms with Gasteiger partial charge in [-0.1, -0.05) is 0 Å². The first-order chi connectivity index (χ1) is 18.0. The number of carbonyl (C=O) groups is 5. The van der Waals surface area contributed by atoms with Crippen LogP contribution in [0.1, 0.15) is 58.9 Å². The molecule has 0 saturated carbocycles. The number of nitrogens with one attached hydrogen (secondary N) is 2. The number of carbonyl (C=O) groups excluding carboxylic acids is 5. The molecule has 3 amide bonds. The first-order valence-corrected chi connectivity index (χ1v) is 14.3. The second-order valence-corrected chi connectivity index (χ2v) is 13.2. The lowest BCUT2D eigenvalue weighted by Crippen LogP contribution is -2.70. The smallest absolute Gasteiger partial charge is 0.407 e. The van der Waals surface area contributed by atoms with Crippen molar-refractivity contribution in [3.63, 3.8) is 0 Å². The fourth-order valence-corrected chi connectivity index (χ4v) is 6.00. The number of rotatable bonds is 8. The first-order valence-electron chi connectivity index (χ1n) is 12.4. The van der Waals surface area contributed by atoms with Crippen molar-refractivity contribution < 1.29 is 38.2 Å². The maximum Gasteiger partial charge on any atom is 0.407 e. The molecule has 1 saturated heterocycles. The van der Waals surface area contributed by atoms with E-state index in [-0.39, 0.29) is 31.2 Å². The predicted molar refractivity (Wildman–Crippen MR) is 146 cm³/mol. The van der Waals surface area contributed by atoms with Crippen LogP contribution in [0.4, 0.5) is 4.79 Å². The number of hydrogen-bond acceptors (Lipinski definition) is 10. The van der Waals surface area contributed by atoms with Gasteiger partial charge in [-0.3, -0.25) is 19.3 Å². The van der Waals surface area contributed by atoms with Crippen molar-refractivity contribution >= 4 is 52.9 Å². The summed E-state index contributed by atoms with van der Waals surface area (Å²) in [5.74, 6) is -1.62. The summed E-state index contributed by atoms with van der Waals surface area (Å²) < 4.78 is 15.8. The van der Waals surface area contributed by atoms with Crippen molar-refractivity contribution in [2.24, 2.45) is 0 Å². The number of nitrogens with zero attached hydrogens (tertiary/aromatic N) is 1. The molecular formula is C26H35N3O8S2. The lowest BCUT2D eigenvalue weighted by Gasteiger charge is -2.49. The van der Waals surface area contributed by atoms with Crippen LogP contribution in [0.5, 0.6) is 0 Å². The predicted octanol–water partition coefficient (Wildman–Crippen LogP) is 2.87. The highest BCUT2D eigenvalue weighted by atomic mass is 32.2. The Kier molecular flexibility index (Phi) is 9.37. The number of alkyl carbamates (subject to hydrolysis) is 1. The normalized spacial score (nSPS) is 19.1. The van der Waals surface area contributed by atoms with E-state index < -0.39 is 46.6 Å². The number of ether oxygens (including phenoxy) is 3. The Morgan fingerprint density at radius 3 is 2.36 bits per heavy atom. The summed E-state index contributed by atoms with van der Waals surface area (Å²) in [5, 5.41) is 6.81. The number of thioether (sulfide) groups is 1. The number of β-lactam (4-membered cyclic amide) rings is 1. The maximum atomic E-state index is 13.1. The fraction of sp³-hybridized carbons (Fsp3) is 0.577. The minimum absolute atomic E-state index is 0.0603. The second kappa shape index (κ2) is 12.0. The van der Waals surface area contributed by atoms with Crippen molar-refractivity contribution in [3.8, 4) is 0 Å². The van der Waals surface area contributed by atoms with Crippen molar-refractivity contribution in [1.29, 1.82) is 0 Å². The molecule has 2 N–H and O–H groups in total. The quantitative estimate of drug-likeness (QED) is 0.269. The highest BCUT2D eigenvalue weighted by molar-refractivity contribution is 8.00. The third-order valence-electron chi connectivity index (χ3n) is 5.28. The summed E-state index contributed by atoms with van der Waals surface area (Å²) in [6.07, 6.45) is -0.466. The van der Waals surface area contributed by atoms with E-state index >= 15 is 0 Å². The van der Waals surface area contributed by atoms with Gasteiger partial charge < -0.3 is 24.8 Å². The first kappa shape index (κ1) is 30.5. The van der Waals surface area contributed by atoms with Gasteiger partial charge in [0.25, 0.3) is 5.91 Å². The molecule has 1 fully saturated rings. The molecule has 0 unspecified atom stereocenters. The number of thiophene rings is 1. The molecular weight excluding hydrogens is 546 g/mol. The molecule has 2 aliphatic rings. The van der Waals surface area contributed by atoms with E-state index in [2.05, 4.69) is 10.6 Å². The molecule has 1 aromatic rings. The molecule has 0 bridgehead atoms. The molecule has 2 atom stereocenters. The van der Waals surface area contributed by atoms with Crippen LogP contribution in [0, 0.1) is 0 Å². The average Bonchev–Trinajstić information content (AvgIpc) is 3.24. The van der Waals surface area contributed by atoms with Gasteiger partial charge in [0.05, 0.1) is 6.42 Å². The van der Waals surface area contributed by atoms with E-state index in [9.17, 15) is 24.0 Å². The zero-order valence-corrected chi connectivity index (χ0v) is 24.8. The standard InChI is InChI=1S/C26H35N3O8S2/c1-14(30)35-11-16-13-39-22-19(21(32)29(22)20(16)23(33)36-25(2,3)4)28-18(31)9-17-8-15(12-38-17)10-27-24(34)37-26(5,6)7/h8,12,19,22H,9-11,13H2,1-7H3,(H,27,34)(H,28,31)/t19-,22+/m1/s1. The lowest BCUT2D eigenvalue weighted by molar-refractivity contribution is -0.159. The van der Waals surface area contributed by atoms with E-state index in [1.165, 1.54) is 34.9 Å². The number of esters is 2. The Labute approximate surface area is 236 Å². The molecule has 214 valence electrons. The Hall–Kier alpha value is -3.06. The van der Waals surface area contributed by atoms with Gasteiger partial charge in [0.2, 0.25) is 5.91 Å². The Morgan fingerprint density at radius 1 is 1.08 bits per heavy atom. The van der Waals surface area contributed by atoms with E-state index in [1.807, 2.05) is 11.4 Å². The fourth-order valence-electron chi connectivity index (χ4n) is 3.78. The highest BCUT2D eigenvalue weighted by Crippen LogP contribution is 2.41. The van der Waals surface area contributed by atoms with Gasteiger partial charge in [0.15, 0.2) is 0 Å². The Morgan fingerprint density at radius 2 is 1.74 bits per heavy atom. The van der Waals surface area contributed by atoms with Crippen molar-refractivity contribution in [1.82, 2.24) is 15.5 Å². The summed E-state index contributed by atoms with van der Waals surface area (Å²) in [7, 11) is 0. The molecule has 11 nitrogen and oxygen atoms in total. The summed E-state index contributed by atoms with van der Waals surface area (Å²) >= 11 is 2.75. The summed E-state index contributed by atoms with van der Waals surface area (Å²) in [6.45, 7) is 11.9. The SMILES string of the molecule is CC(=O)OCC1=C(C(=O)OC(C)(C)C)N2C(=O)[C@@H](NC(=O)Cc3cc(CNC(=O)OC(C)(C)C)cs3)[C@@H]2SC1. The molecule has 3 rings (SSSR count). The van der Waals surface area contributed by atoms with Gasteiger partial charge in [-0.2, -0.15) is 0 Å². The van der Waals surface area contributed by atoms with E-state index in [4.69, 9.17) is 14.2 Å². The summed E-state index contributed by atoms with van der Waals surface area (Å²) in [6, 6.07) is 1.01. The second-order valence-electron chi connectivity index (χ2n) is 11.1. The molecule has 0 aliphatic carbocycles. The molecule has 0 radical (unpaired) electrons. The van der Waals surface area contributed by atoms with E-state index in [1.54, 1.807) is 41.5 Å². The third kappa shape index (κ3) is 8.46. The topological polar surface area (TPSA) is 140 Å². The molecule has 0 spiro atoms. The van der Waals surface area contributed by atoms with Crippen LogP contribution in [0.15, 0.2) is 22.7 Å². The maximum absolute atomic E-state index is 13.1. The Bertz CT molecular complexity index is 1180. The van der Waals surface area contributed by atoms with Crippen LogP contribution >= 0.6 is 23.1 Å². The monoisotopic (exact) mass is 581 g/mol. The molecule has 2 aliphatic heterocycles. The minimum atomic E-state index is -0.802. The molecule has 1 aromatic heterocycles. The van der Waals surface area contributed by atoms with Crippen molar-refractivity contribution in [2.75, 3.05) is 12.4 Å². The van der Waals surface area contributed by atoms with Gasteiger partial charge in [-0.05, 0) is 58.6 Å². The van der Waals surface area contributed by atoms with E-state index in [0.717, 1.165) is 10.4 Å². The number of hydrogen-bond donors (Lipinski definition) is 2. The number of fused-ring (bicyclic) bond motifs is 1. The number of amides is 3. The van der Waals surface area contributed by atoms with Crippen LogP contribution in [-0.2, 0) is 46.4 Å². The minimum Gasteiger partial charge on any atom is -0.461 e. The Balaban J connectivity index is 1.61. The molecule has 0 aromatic carbocycles. The summed E-state index contributed by atoms with van der Waals surface area (Å²) in [4.78, 5) is 64.2. The van der Waals surface area contributed by atoms with Crippen molar-refractivity contribution in [2.45, 2.75) is 84.0 Å². The van der Waals surface area contributed by atoms with Gasteiger partial charge >= 0.3 is 18.0 Å². The molecule has 39 heavy (non-hydrogen) atoms. The van der Waals surface area contributed by atoms with Crippen LogP contribution in [0.2, 0.25) is 0 Å². The zero-order chi connectivity index (χ0) is 29.1. The van der Waals surface area contributed by atoms with Crippen LogP contribution in [-0.4, -0.2) is 69.7 Å². The van der Waals surface area contributed by atoms with Gasteiger partial charge in [0, 0.05) is 29.7 Å². The third-order valence-corrected chi connectivity index (χ3v) is 7.61.